The number of ether oxygens (including phenoxy) is 1. The molecule has 0 amide bonds. The van der Waals surface area contributed by atoms with Gasteiger partial charge in [0.1, 0.15) is 17.9 Å². The maximum atomic E-state index is 12.0. The summed E-state index contributed by atoms with van der Waals surface area (Å²) in [5, 5.41) is 19.7. The number of carboxylic acid groups (broad SMARTS) is 1. The molecule has 1 aromatic carbocycles. The van der Waals surface area contributed by atoms with Crippen LogP contribution in [0.25, 0.3) is 0 Å². The molecule has 1 atom stereocenters. The fourth-order valence-corrected chi connectivity index (χ4v) is 4.23. The number of allylic oxidation sites excluding steroid dienone is 2. The molecular weight excluding hydrogens is 320 g/mol. The van der Waals surface area contributed by atoms with Crippen molar-refractivity contribution in [1.82, 2.24) is 0 Å². The third-order valence-electron chi connectivity index (χ3n) is 5.53. The lowest BCUT2D eigenvalue weighted by Gasteiger charge is -2.16. The van der Waals surface area contributed by atoms with Gasteiger partial charge in [-0.1, -0.05) is 18.6 Å². The summed E-state index contributed by atoms with van der Waals surface area (Å²) in [6.07, 6.45) is 6.31. The third-order valence-corrected chi connectivity index (χ3v) is 5.53. The van der Waals surface area contributed by atoms with Crippen molar-refractivity contribution in [2.24, 2.45) is 5.92 Å². The third kappa shape index (κ3) is 3.15. The zero-order valence-corrected chi connectivity index (χ0v) is 14.7. The Bertz CT molecular complexity index is 760. The van der Waals surface area contributed by atoms with Gasteiger partial charge in [-0.3, -0.25) is 4.79 Å². The van der Waals surface area contributed by atoms with Gasteiger partial charge >= 0.3 is 11.9 Å². The second-order valence-corrected chi connectivity index (χ2v) is 6.88. The Hall–Kier alpha value is -2.30. The number of rotatable bonds is 5. The highest BCUT2D eigenvalue weighted by atomic mass is 16.5. The van der Waals surface area contributed by atoms with Gasteiger partial charge in [0.25, 0.3) is 0 Å². The van der Waals surface area contributed by atoms with Crippen LogP contribution in [0, 0.1) is 12.8 Å². The van der Waals surface area contributed by atoms with E-state index >= 15 is 0 Å². The van der Waals surface area contributed by atoms with Crippen molar-refractivity contribution >= 4 is 11.9 Å². The average molecular weight is 344 g/mol. The van der Waals surface area contributed by atoms with Crippen LogP contribution in [-0.4, -0.2) is 22.2 Å². The van der Waals surface area contributed by atoms with Crippen molar-refractivity contribution in [1.29, 1.82) is 0 Å². The Kier molecular flexibility index (Phi) is 4.84. The quantitative estimate of drug-likeness (QED) is 0.629. The van der Waals surface area contributed by atoms with E-state index in [1.54, 1.807) is 0 Å². The first kappa shape index (κ1) is 17.5. The average Bonchev–Trinajstić information content (AvgIpc) is 3.15. The highest BCUT2D eigenvalue weighted by Crippen LogP contribution is 2.39. The van der Waals surface area contributed by atoms with E-state index in [0.717, 1.165) is 53.5 Å². The van der Waals surface area contributed by atoms with E-state index in [-0.39, 0.29) is 24.7 Å². The van der Waals surface area contributed by atoms with Crippen LogP contribution in [0.1, 0.15) is 65.2 Å². The van der Waals surface area contributed by atoms with Crippen molar-refractivity contribution in [2.45, 2.75) is 59.0 Å². The Balaban J connectivity index is 1.96. The Morgan fingerprint density at radius 1 is 1.36 bits per heavy atom. The van der Waals surface area contributed by atoms with Gasteiger partial charge < -0.3 is 14.9 Å². The van der Waals surface area contributed by atoms with Crippen LogP contribution in [0.3, 0.4) is 0 Å². The number of carbonyl (C=O) groups excluding carboxylic acids is 1. The molecule has 0 aromatic heterocycles. The molecule has 1 fully saturated rings. The molecule has 2 aliphatic rings. The number of phenols is 1. The Morgan fingerprint density at radius 2 is 2.12 bits per heavy atom. The summed E-state index contributed by atoms with van der Waals surface area (Å²) in [6, 6.07) is 0. The van der Waals surface area contributed by atoms with Gasteiger partial charge in [-0.15, -0.1) is 0 Å². The summed E-state index contributed by atoms with van der Waals surface area (Å²) >= 11 is 0. The number of hydrogen-bond donors (Lipinski definition) is 2. The maximum Gasteiger partial charge on any atom is 0.342 e. The van der Waals surface area contributed by atoms with Crippen molar-refractivity contribution in [3.8, 4) is 5.75 Å². The van der Waals surface area contributed by atoms with Gasteiger partial charge in [-0.25, -0.2) is 4.79 Å². The molecule has 3 rings (SSSR count). The fraction of sp³-hybridized carbons (Fsp3) is 0.500. The highest BCUT2D eigenvalue weighted by Gasteiger charge is 2.31. The number of carboxylic acids is 1. The van der Waals surface area contributed by atoms with Crippen molar-refractivity contribution < 1.29 is 24.5 Å². The molecule has 2 N–H and O–H groups in total. The largest absolute Gasteiger partial charge is 0.507 e. The summed E-state index contributed by atoms with van der Waals surface area (Å²) in [4.78, 5) is 23.0. The molecule has 5 nitrogen and oxygen atoms in total. The lowest BCUT2D eigenvalue weighted by Crippen LogP contribution is -2.07. The highest BCUT2D eigenvalue weighted by molar-refractivity contribution is 5.97. The van der Waals surface area contributed by atoms with Crippen LogP contribution >= 0.6 is 0 Å². The van der Waals surface area contributed by atoms with E-state index in [9.17, 15) is 14.7 Å². The normalized spacial score (nSPS) is 20.8. The summed E-state index contributed by atoms with van der Waals surface area (Å²) in [7, 11) is 0. The summed E-state index contributed by atoms with van der Waals surface area (Å²) in [5.41, 5.74) is 5.09. The summed E-state index contributed by atoms with van der Waals surface area (Å²) < 4.78 is 5.10. The SMILES string of the molecule is CCc1c(C)c2c(c(O)c1CC=C1CCCC1CC(=O)O)C(=O)OC2. The topological polar surface area (TPSA) is 83.8 Å². The lowest BCUT2D eigenvalue weighted by molar-refractivity contribution is -0.137. The molecule has 1 aromatic rings. The minimum Gasteiger partial charge on any atom is -0.507 e. The Morgan fingerprint density at radius 3 is 2.80 bits per heavy atom. The zero-order chi connectivity index (χ0) is 18.1. The number of cyclic esters (lactones) is 1. The molecule has 1 aliphatic carbocycles. The molecule has 134 valence electrons. The van der Waals surface area contributed by atoms with Gasteiger partial charge in [-0.2, -0.15) is 0 Å². The van der Waals surface area contributed by atoms with E-state index in [4.69, 9.17) is 9.84 Å². The molecular formula is C20H24O5. The molecule has 0 radical (unpaired) electrons. The first-order valence-electron chi connectivity index (χ1n) is 8.88. The Labute approximate surface area is 147 Å². The van der Waals surface area contributed by atoms with E-state index in [2.05, 4.69) is 6.08 Å². The van der Waals surface area contributed by atoms with Crippen LogP contribution in [-0.2, 0) is 29.0 Å². The zero-order valence-electron chi connectivity index (χ0n) is 14.7. The second kappa shape index (κ2) is 6.90. The van der Waals surface area contributed by atoms with Crippen LogP contribution in [0.5, 0.6) is 5.75 Å². The van der Waals surface area contributed by atoms with E-state index in [0.29, 0.717) is 12.0 Å². The number of phenolic OH excluding ortho intramolecular Hbond substituents is 1. The monoisotopic (exact) mass is 344 g/mol. The predicted molar refractivity (Wildman–Crippen MR) is 92.7 cm³/mol. The van der Waals surface area contributed by atoms with Gasteiger partial charge in [0, 0.05) is 11.1 Å². The smallest absolute Gasteiger partial charge is 0.342 e. The predicted octanol–water partition coefficient (Wildman–Crippen LogP) is 3.68. The number of fused-ring (bicyclic) bond motifs is 1. The van der Waals surface area contributed by atoms with Gasteiger partial charge in [0.2, 0.25) is 0 Å². The number of hydrogen-bond acceptors (Lipinski definition) is 4. The summed E-state index contributed by atoms with van der Waals surface area (Å²) in [5.74, 6) is -1.11. The first-order chi connectivity index (χ1) is 11.9. The molecule has 1 heterocycles. The van der Waals surface area contributed by atoms with Crippen LogP contribution in [0.4, 0.5) is 0 Å². The first-order valence-corrected chi connectivity index (χ1v) is 8.88. The van der Waals surface area contributed by atoms with E-state index in [1.807, 2.05) is 13.8 Å². The molecule has 1 unspecified atom stereocenters. The molecule has 0 bridgehead atoms. The lowest BCUT2D eigenvalue weighted by atomic mass is 9.88. The van der Waals surface area contributed by atoms with Crippen molar-refractivity contribution in [2.75, 3.05) is 0 Å². The van der Waals surface area contributed by atoms with Crippen LogP contribution in [0.15, 0.2) is 11.6 Å². The van der Waals surface area contributed by atoms with Crippen LogP contribution in [0.2, 0.25) is 0 Å². The van der Waals surface area contributed by atoms with Crippen molar-refractivity contribution in [3.05, 3.63) is 39.5 Å². The number of aliphatic carboxylic acids is 1. The van der Waals surface area contributed by atoms with Crippen molar-refractivity contribution in [3.63, 3.8) is 0 Å². The minimum atomic E-state index is -0.772. The maximum absolute atomic E-state index is 12.0. The molecule has 0 saturated heterocycles. The van der Waals surface area contributed by atoms with E-state index in [1.165, 1.54) is 0 Å². The van der Waals surface area contributed by atoms with Gasteiger partial charge in [-0.05, 0) is 56.1 Å². The number of aromatic hydroxyl groups is 1. The fourth-order valence-electron chi connectivity index (χ4n) is 4.23. The second-order valence-electron chi connectivity index (χ2n) is 6.88. The van der Waals surface area contributed by atoms with E-state index < -0.39 is 11.9 Å². The molecule has 1 aliphatic heterocycles. The van der Waals surface area contributed by atoms with Gasteiger partial charge in [0.15, 0.2) is 0 Å². The number of benzene rings is 1. The molecule has 25 heavy (non-hydrogen) atoms. The minimum absolute atomic E-state index is 0.0320. The van der Waals surface area contributed by atoms with Gasteiger partial charge in [0.05, 0.1) is 6.42 Å². The molecule has 0 spiro atoms. The summed E-state index contributed by atoms with van der Waals surface area (Å²) in [6.45, 7) is 4.23. The number of esters is 1. The standard InChI is InChI=1S/C20H24O5/c1-3-14-11(2)16-10-25-20(24)18(16)19(23)15(14)8-7-12-5-4-6-13(12)9-17(21)22/h7,13,23H,3-6,8-10H2,1-2H3,(H,21,22). The molecule has 5 heteroatoms. The number of carbonyl (C=O) groups is 2. The van der Waals surface area contributed by atoms with Crippen LogP contribution < -0.4 is 0 Å². The molecule has 1 saturated carbocycles.